The van der Waals surface area contributed by atoms with Gasteiger partial charge in [-0.1, -0.05) is 0 Å². The zero-order valence-electron chi connectivity index (χ0n) is 19.2. The van der Waals surface area contributed by atoms with Crippen LogP contribution in [0.5, 0.6) is 0 Å². The Hall–Kier alpha value is -3.34. The minimum Gasteiger partial charge on any atom is -0.466 e. The van der Waals surface area contributed by atoms with Gasteiger partial charge >= 0.3 is 11.7 Å². The number of nitrogens with zero attached hydrogens (tertiary/aromatic N) is 3. The van der Waals surface area contributed by atoms with Gasteiger partial charge in [-0.25, -0.2) is 17.6 Å². The maximum Gasteiger partial charge on any atom is 0.328 e. The third-order valence-electron chi connectivity index (χ3n) is 6.21. The van der Waals surface area contributed by atoms with Crippen molar-refractivity contribution in [1.82, 2.24) is 9.13 Å². The van der Waals surface area contributed by atoms with Crippen LogP contribution in [0.3, 0.4) is 0 Å². The van der Waals surface area contributed by atoms with Gasteiger partial charge in [-0.05, 0) is 56.2 Å². The van der Waals surface area contributed by atoms with Crippen LogP contribution in [0.2, 0.25) is 0 Å². The number of piperidine rings is 1. The first-order valence-corrected chi connectivity index (χ1v) is 12.5. The van der Waals surface area contributed by atoms with Crippen LogP contribution in [0.1, 0.15) is 19.8 Å². The number of aromatic nitrogens is 2. The van der Waals surface area contributed by atoms with Gasteiger partial charge in [0, 0.05) is 27.2 Å². The number of halogens is 1. The number of nitrogens with one attached hydrogen (secondary N) is 1. The van der Waals surface area contributed by atoms with E-state index >= 15 is 0 Å². The molecule has 2 heterocycles. The summed E-state index contributed by atoms with van der Waals surface area (Å²) in [6, 6.07) is 7.96. The van der Waals surface area contributed by atoms with Gasteiger partial charge in [0.15, 0.2) is 0 Å². The first-order valence-electron chi connectivity index (χ1n) is 11.0. The van der Waals surface area contributed by atoms with Gasteiger partial charge in [0.2, 0.25) is 0 Å². The summed E-state index contributed by atoms with van der Waals surface area (Å²) in [6.07, 6.45) is 1.13. The molecule has 0 saturated carbocycles. The van der Waals surface area contributed by atoms with E-state index in [0.29, 0.717) is 54.9 Å². The van der Waals surface area contributed by atoms with E-state index in [1.807, 2.05) is 4.90 Å². The molecular weight excluding hydrogens is 463 g/mol. The van der Waals surface area contributed by atoms with Gasteiger partial charge in [0.1, 0.15) is 5.82 Å². The highest BCUT2D eigenvalue weighted by molar-refractivity contribution is 7.92. The second-order valence-corrected chi connectivity index (χ2v) is 10.0. The van der Waals surface area contributed by atoms with Crippen molar-refractivity contribution in [2.24, 2.45) is 20.0 Å². The zero-order valence-corrected chi connectivity index (χ0v) is 20.1. The lowest BCUT2D eigenvalue weighted by Crippen LogP contribution is -2.37. The van der Waals surface area contributed by atoms with Crippen molar-refractivity contribution < 1.29 is 22.3 Å². The minimum atomic E-state index is -4.02. The predicted molar refractivity (Wildman–Crippen MR) is 127 cm³/mol. The summed E-state index contributed by atoms with van der Waals surface area (Å²) in [5.41, 5.74) is 1.88. The van der Waals surface area contributed by atoms with E-state index in [0.717, 1.165) is 12.1 Å². The quantitative estimate of drug-likeness (QED) is 0.533. The molecule has 0 radical (unpaired) electrons. The Balaban J connectivity index is 1.74. The SMILES string of the molecule is CCOC(=O)C1CCN(c2cc3c(cc2NS(=O)(=O)c2ccc(F)cc2)n(C)c(=O)n3C)CC1. The maximum atomic E-state index is 13.3. The lowest BCUT2D eigenvalue weighted by molar-refractivity contribution is -0.148. The molecular formula is C23H27FN4O5S. The Kier molecular flexibility index (Phi) is 6.39. The summed E-state index contributed by atoms with van der Waals surface area (Å²) < 4.78 is 50.2. The molecule has 11 heteroatoms. The molecule has 1 aromatic heterocycles. The summed E-state index contributed by atoms with van der Waals surface area (Å²) in [5, 5.41) is 0. The van der Waals surface area contributed by atoms with Crippen molar-refractivity contribution in [1.29, 1.82) is 0 Å². The number of anilines is 2. The average Bonchev–Trinajstić information content (AvgIpc) is 3.02. The lowest BCUT2D eigenvalue weighted by Gasteiger charge is -2.34. The fourth-order valence-corrected chi connectivity index (χ4v) is 5.38. The van der Waals surface area contributed by atoms with Crippen LogP contribution in [0, 0.1) is 11.7 Å². The Bertz CT molecular complexity index is 1390. The van der Waals surface area contributed by atoms with Crippen molar-refractivity contribution in [3.63, 3.8) is 0 Å². The third kappa shape index (κ3) is 4.39. The largest absolute Gasteiger partial charge is 0.466 e. The van der Waals surface area contributed by atoms with Crippen molar-refractivity contribution >= 4 is 38.4 Å². The number of carbonyl (C=O) groups is 1. The van der Waals surface area contributed by atoms with Crippen LogP contribution in [0.15, 0.2) is 46.1 Å². The van der Waals surface area contributed by atoms with Crippen molar-refractivity contribution in [2.75, 3.05) is 29.3 Å². The summed E-state index contributed by atoms with van der Waals surface area (Å²) in [6.45, 7) is 3.13. The van der Waals surface area contributed by atoms with E-state index in [-0.39, 0.29) is 22.5 Å². The number of rotatable bonds is 6. The molecule has 0 spiro atoms. The molecule has 34 heavy (non-hydrogen) atoms. The molecule has 9 nitrogen and oxygen atoms in total. The van der Waals surface area contributed by atoms with Gasteiger partial charge in [-0.3, -0.25) is 18.7 Å². The number of esters is 1. The number of imidazole rings is 1. The van der Waals surface area contributed by atoms with Crippen LogP contribution in [0.25, 0.3) is 11.0 Å². The van der Waals surface area contributed by atoms with Crippen LogP contribution >= 0.6 is 0 Å². The molecule has 0 bridgehead atoms. The fourth-order valence-electron chi connectivity index (χ4n) is 4.31. The number of hydrogen-bond donors (Lipinski definition) is 1. The first-order chi connectivity index (χ1) is 16.1. The molecule has 1 aliphatic rings. The van der Waals surface area contributed by atoms with E-state index in [9.17, 15) is 22.4 Å². The second kappa shape index (κ2) is 9.13. The number of carbonyl (C=O) groups excluding carboxylic acids is 1. The highest BCUT2D eigenvalue weighted by Crippen LogP contribution is 2.35. The molecule has 1 saturated heterocycles. The van der Waals surface area contributed by atoms with Gasteiger partial charge in [0.25, 0.3) is 10.0 Å². The maximum absolute atomic E-state index is 13.3. The Labute approximate surface area is 196 Å². The van der Waals surface area contributed by atoms with Crippen LogP contribution < -0.4 is 15.3 Å². The molecule has 1 N–H and O–H groups in total. The van der Waals surface area contributed by atoms with Crippen LogP contribution in [0.4, 0.5) is 15.8 Å². The second-order valence-electron chi connectivity index (χ2n) is 8.33. The minimum absolute atomic E-state index is 0.0806. The number of fused-ring (bicyclic) bond motifs is 1. The molecule has 182 valence electrons. The summed E-state index contributed by atoms with van der Waals surface area (Å²) >= 11 is 0. The van der Waals surface area contributed by atoms with Gasteiger partial charge in [0.05, 0.1) is 39.8 Å². The van der Waals surface area contributed by atoms with Crippen LogP contribution in [-0.4, -0.2) is 43.2 Å². The number of ether oxygens (including phenoxy) is 1. The van der Waals surface area contributed by atoms with E-state index in [2.05, 4.69) is 4.72 Å². The van der Waals surface area contributed by atoms with E-state index in [1.54, 1.807) is 33.2 Å². The predicted octanol–water partition coefficient (Wildman–Crippen LogP) is 2.60. The Morgan fingerprint density at radius 3 is 2.26 bits per heavy atom. The van der Waals surface area contributed by atoms with Crippen molar-refractivity contribution in [3.05, 3.63) is 52.7 Å². The fraction of sp³-hybridized carbons (Fsp3) is 0.391. The molecule has 1 aliphatic heterocycles. The van der Waals surface area contributed by atoms with E-state index in [1.165, 1.54) is 21.3 Å². The molecule has 4 rings (SSSR count). The monoisotopic (exact) mass is 490 g/mol. The first kappa shape index (κ1) is 23.8. The standard InChI is InChI=1S/C23H27FN4O5S/c1-4-33-22(29)15-9-11-28(12-10-15)19-14-21-20(26(2)23(30)27(21)3)13-18(19)25-34(31,32)17-7-5-16(24)6-8-17/h5-8,13-15,25H,4,9-12H2,1-3H3. The molecule has 3 aromatic rings. The Morgan fingerprint density at radius 1 is 1.09 bits per heavy atom. The number of aryl methyl sites for hydroxylation is 2. The molecule has 0 atom stereocenters. The lowest BCUT2D eigenvalue weighted by atomic mass is 9.96. The highest BCUT2D eigenvalue weighted by Gasteiger charge is 2.28. The third-order valence-corrected chi connectivity index (χ3v) is 7.59. The number of benzene rings is 2. The zero-order chi connectivity index (χ0) is 24.6. The molecule has 0 aliphatic carbocycles. The molecule has 2 aromatic carbocycles. The molecule has 1 fully saturated rings. The van der Waals surface area contributed by atoms with E-state index in [4.69, 9.17) is 4.74 Å². The smallest absolute Gasteiger partial charge is 0.328 e. The van der Waals surface area contributed by atoms with Gasteiger partial charge in [-0.15, -0.1) is 0 Å². The highest BCUT2D eigenvalue weighted by atomic mass is 32.2. The Morgan fingerprint density at radius 2 is 1.68 bits per heavy atom. The molecule has 0 amide bonds. The van der Waals surface area contributed by atoms with Gasteiger partial charge < -0.3 is 9.64 Å². The number of hydrogen-bond acceptors (Lipinski definition) is 6. The molecule has 0 unspecified atom stereocenters. The van der Waals surface area contributed by atoms with E-state index < -0.39 is 15.8 Å². The van der Waals surface area contributed by atoms with Crippen molar-refractivity contribution in [2.45, 2.75) is 24.7 Å². The summed E-state index contributed by atoms with van der Waals surface area (Å²) in [5.74, 6) is -0.967. The van der Waals surface area contributed by atoms with Crippen molar-refractivity contribution in [3.8, 4) is 0 Å². The topological polar surface area (TPSA) is 103 Å². The van der Waals surface area contributed by atoms with Crippen LogP contribution in [-0.2, 0) is 33.7 Å². The average molecular weight is 491 g/mol. The summed E-state index contributed by atoms with van der Waals surface area (Å²) in [4.78, 5) is 26.5. The van der Waals surface area contributed by atoms with Gasteiger partial charge in [-0.2, -0.15) is 0 Å². The number of sulfonamides is 1. The summed E-state index contributed by atoms with van der Waals surface area (Å²) in [7, 11) is -0.744. The normalized spacial score (nSPS) is 15.0.